The molecule has 1 aromatic carbocycles. The van der Waals surface area contributed by atoms with Gasteiger partial charge in [0.2, 0.25) is 5.82 Å². The number of likely N-dealkylation sites (tertiary alicyclic amines) is 1. The topological polar surface area (TPSA) is 71.3 Å². The van der Waals surface area contributed by atoms with Crippen LogP contribution in [-0.2, 0) is 0 Å². The van der Waals surface area contributed by atoms with Gasteiger partial charge < -0.3 is 14.7 Å². The van der Waals surface area contributed by atoms with Crippen LogP contribution in [0, 0.1) is 0 Å². The number of hydrogen-bond donors (Lipinski definition) is 1. The molecule has 0 unspecified atom stereocenters. The van der Waals surface area contributed by atoms with E-state index in [0.717, 1.165) is 30.1 Å². The first-order valence-corrected chi connectivity index (χ1v) is 9.61. The second-order valence-electron chi connectivity index (χ2n) is 6.26. The molecule has 1 amide bonds. The van der Waals surface area contributed by atoms with Crippen molar-refractivity contribution in [3.8, 4) is 22.2 Å². The molecule has 134 valence electrons. The third-order valence-corrected chi connectivity index (χ3v) is 5.49. The summed E-state index contributed by atoms with van der Waals surface area (Å²) >= 11 is 1.37. The Morgan fingerprint density at radius 3 is 2.77 bits per heavy atom. The Bertz CT molecular complexity index is 869. The minimum atomic E-state index is -0.0489. The number of carbonyl (C=O) groups is 1. The van der Waals surface area contributed by atoms with E-state index >= 15 is 0 Å². The summed E-state index contributed by atoms with van der Waals surface area (Å²) in [5, 5.41) is 7.02. The van der Waals surface area contributed by atoms with Crippen LogP contribution < -0.4 is 5.32 Å². The predicted octanol–water partition coefficient (Wildman–Crippen LogP) is 3.29. The van der Waals surface area contributed by atoms with Crippen molar-refractivity contribution in [1.82, 2.24) is 20.4 Å². The Morgan fingerprint density at radius 2 is 1.96 bits per heavy atom. The lowest BCUT2D eigenvalue weighted by atomic mass is 10.2. The lowest BCUT2D eigenvalue weighted by Crippen LogP contribution is -2.33. The normalized spacial score (nSPS) is 14.6. The molecule has 0 aliphatic carbocycles. The summed E-state index contributed by atoms with van der Waals surface area (Å²) in [6.07, 6.45) is 2.52. The first-order valence-electron chi connectivity index (χ1n) is 8.79. The van der Waals surface area contributed by atoms with Crippen LogP contribution in [0.5, 0.6) is 0 Å². The highest BCUT2D eigenvalue weighted by atomic mass is 32.1. The minimum absolute atomic E-state index is 0.0489. The van der Waals surface area contributed by atoms with Crippen molar-refractivity contribution >= 4 is 17.2 Å². The maximum Gasteiger partial charge on any atom is 0.261 e. The van der Waals surface area contributed by atoms with Crippen molar-refractivity contribution in [2.45, 2.75) is 12.8 Å². The highest BCUT2D eigenvalue weighted by Crippen LogP contribution is 2.28. The maximum absolute atomic E-state index is 12.3. The zero-order valence-corrected chi connectivity index (χ0v) is 15.2. The molecule has 1 aliphatic rings. The molecule has 0 saturated carbocycles. The number of thiophene rings is 1. The van der Waals surface area contributed by atoms with Gasteiger partial charge in [-0.25, -0.2) is 0 Å². The molecular formula is C19H20N4O2S. The quantitative estimate of drug-likeness (QED) is 0.723. The van der Waals surface area contributed by atoms with Gasteiger partial charge in [0.05, 0.1) is 9.75 Å². The van der Waals surface area contributed by atoms with Crippen LogP contribution in [0.3, 0.4) is 0 Å². The fourth-order valence-corrected chi connectivity index (χ4v) is 3.87. The highest BCUT2D eigenvalue weighted by molar-refractivity contribution is 7.17. The van der Waals surface area contributed by atoms with Gasteiger partial charge in [-0.05, 0) is 50.2 Å². The zero-order valence-electron chi connectivity index (χ0n) is 14.4. The molecule has 0 bridgehead atoms. The summed E-state index contributed by atoms with van der Waals surface area (Å²) in [5.41, 5.74) is 0.877. The monoisotopic (exact) mass is 368 g/mol. The molecule has 2 aromatic heterocycles. The molecule has 1 N–H and O–H groups in total. The van der Waals surface area contributed by atoms with E-state index in [1.165, 1.54) is 24.2 Å². The van der Waals surface area contributed by atoms with E-state index in [9.17, 15) is 4.79 Å². The zero-order chi connectivity index (χ0) is 17.8. The second kappa shape index (κ2) is 7.80. The molecule has 1 saturated heterocycles. The molecular weight excluding hydrogens is 348 g/mol. The van der Waals surface area contributed by atoms with Gasteiger partial charge in [0.15, 0.2) is 0 Å². The molecule has 4 rings (SSSR count). The summed E-state index contributed by atoms with van der Waals surface area (Å²) in [6.45, 7) is 3.86. The number of amides is 1. The second-order valence-corrected chi connectivity index (χ2v) is 7.34. The Morgan fingerprint density at radius 1 is 1.15 bits per heavy atom. The van der Waals surface area contributed by atoms with Crippen LogP contribution in [-0.4, -0.2) is 47.1 Å². The van der Waals surface area contributed by atoms with E-state index in [1.54, 1.807) is 0 Å². The van der Waals surface area contributed by atoms with Crippen molar-refractivity contribution in [2.75, 3.05) is 26.2 Å². The lowest BCUT2D eigenvalue weighted by molar-refractivity contribution is 0.0954. The number of nitrogens with one attached hydrogen (secondary N) is 1. The van der Waals surface area contributed by atoms with E-state index in [0.29, 0.717) is 23.1 Å². The number of nitrogens with zero attached hydrogens (tertiary/aromatic N) is 3. The first-order chi connectivity index (χ1) is 12.8. The summed E-state index contributed by atoms with van der Waals surface area (Å²) < 4.78 is 5.34. The number of carbonyl (C=O) groups excluding carboxylic acids is 1. The highest BCUT2D eigenvalue weighted by Gasteiger charge is 2.16. The largest absolute Gasteiger partial charge is 0.350 e. The smallest absolute Gasteiger partial charge is 0.261 e. The lowest BCUT2D eigenvalue weighted by Gasteiger charge is -2.14. The van der Waals surface area contributed by atoms with E-state index in [1.807, 2.05) is 42.5 Å². The number of aromatic nitrogens is 2. The van der Waals surface area contributed by atoms with Crippen LogP contribution in [0.1, 0.15) is 22.5 Å². The molecule has 0 atom stereocenters. The van der Waals surface area contributed by atoms with Crippen LogP contribution in [0.25, 0.3) is 22.2 Å². The molecule has 1 aliphatic heterocycles. The van der Waals surface area contributed by atoms with Crippen molar-refractivity contribution in [3.63, 3.8) is 0 Å². The van der Waals surface area contributed by atoms with Gasteiger partial charge in [-0.2, -0.15) is 4.98 Å². The Kier molecular flexibility index (Phi) is 5.08. The Labute approximate surface area is 155 Å². The summed E-state index contributed by atoms with van der Waals surface area (Å²) in [5.74, 6) is 0.933. The van der Waals surface area contributed by atoms with E-state index in [4.69, 9.17) is 4.52 Å². The average molecular weight is 368 g/mol. The molecule has 0 spiro atoms. The van der Waals surface area contributed by atoms with Gasteiger partial charge in [-0.1, -0.05) is 23.4 Å². The third kappa shape index (κ3) is 3.84. The van der Waals surface area contributed by atoms with E-state index in [2.05, 4.69) is 20.4 Å². The minimum Gasteiger partial charge on any atom is -0.350 e. The predicted molar refractivity (Wildman–Crippen MR) is 101 cm³/mol. The maximum atomic E-state index is 12.3. The molecule has 6 nitrogen and oxygen atoms in total. The summed E-state index contributed by atoms with van der Waals surface area (Å²) in [7, 11) is 0. The molecule has 7 heteroatoms. The molecule has 1 fully saturated rings. The summed E-state index contributed by atoms with van der Waals surface area (Å²) in [6, 6.07) is 13.3. The Hall–Kier alpha value is -2.51. The first kappa shape index (κ1) is 16.9. The van der Waals surface area contributed by atoms with Crippen molar-refractivity contribution in [1.29, 1.82) is 0 Å². The molecule has 3 heterocycles. The van der Waals surface area contributed by atoms with Crippen molar-refractivity contribution in [2.24, 2.45) is 0 Å². The van der Waals surface area contributed by atoms with Crippen LogP contribution in [0.2, 0.25) is 0 Å². The fraction of sp³-hybridized carbons (Fsp3) is 0.316. The number of benzene rings is 1. The SMILES string of the molecule is O=C(NCCN1CCCC1)c1ccc(-c2noc(-c3ccccc3)n2)s1. The van der Waals surface area contributed by atoms with Crippen LogP contribution in [0.4, 0.5) is 0 Å². The van der Waals surface area contributed by atoms with Gasteiger partial charge in [-0.15, -0.1) is 11.3 Å². The van der Waals surface area contributed by atoms with Gasteiger partial charge >= 0.3 is 0 Å². The van der Waals surface area contributed by atoms with Crippen molar-refractivity contribution in [3.05, 3.63) is 47.3 Å². The van der Waals surface area contributed by atoms with Gasteiger partial charge in [-0.3, -0.25) is 4.79 Å². The van der Waals surface area contributed by atoms with Gasteiger partial charge in [0.25, 0.3) is 11.8 Å². The third-order valence-electron chi connectivity index (χ3n) is 4.41. The molecule has 0 radical (unpaired) electrons. The van der Waals surface area contributed by atoms with Crippen molar-refractivity contribution < 1.29 is 9.32 Å². The summed E-state index contributed by atoms with van der Waals surface area (Å²) in [4.78, 5) is 20.6. The number of hydrogen-bond acceptors (Lipinski definition) is 6. The number of rotatable bonds is 6. The van der Waals surface area contributed by atoms with Gasteiger partial charge in [0.1, 0.15) is 0 Å². The standard InChI is InChI=1S/C19H20N4O2S/c24-18(20-10-13-23-11-4-5-12-23)16-9-8-15(26-16)17-21-19(25-22-17)14-6-2-1-3-7-14/h1-3,6-9H,4-5,10-13H2,(H,20,24). The molecule has 26 heavy (non-hydrogen) atoms. The molecule has 3 aromatic rings. The van der Waals surface area contributed by atoms with E-state index in [-0.39, 0.29) is 5.91 Å². The van der Waals surface area contributed by atoms with Crippen LogP contribution in [0.15, 0.2) is 47.0 Å². The van der Waals surface area contributed by atoms with Gasteiger partial charge in [0, 0.05) is 18.7 Å². The average Bonchev–Trinajstić information content (AvgIpc) is 3.42. The fourth-order valence-electron chi connectivity index (χ4n) is 3.02. The van der Waals surface area contributed by atoms with Crippen LogP contribution >= 0.6 is 11.3 Å². The van der Waals surface area contributed by atoms with E-state index < -0.39 is 0 Å². The Balaban J connectivity index is 1.38.